The third-order valence-electron chi connectivity index (χ3n) is 2.64. The second-order valence-corrected chi connectivity index (χ2v) is 3.61. The van der Waals surface area contributed by atoms with Crippen molar-refractivity contribution in [2.45, 2.75) is 61.3 Å². The Bertz CT molecular complexity index is 292. The summed E-state index contributed by atoms with van der Waals surface area (Å²) < 4.78 is 0. The highest BCUT2D eigenvalue weighted by Gasteiger charge is 2.14. The van der Waals surface area contributed by atoms with Crippen LogP contribution in [-0.4, -0.2) is 13.6 Å². The molecule has 1 heteroatoms. The van der Waals surface area contributed by atoms with E-state index in [0.717, 1.165) is 0 Å². The van der Waals surface area contributed by atoms with Crippen LogP contribution in [-0.2, 0) is 6.42 Å². The van der Waals surface area contributed by atoms with Gasteiger partial charge in [0.15, 0.2) is 0 Å². The number of nitrogens with zero attached hydrogens (tertiary/aromatic N) is 1. The maximum absolute atomic E-state index is 2.37. The number of aryl methyl sites for hydroxylation is 2. The van der Waals surface area contributed by atoms with Gasteiger partial charge in [-0.3, -0.25) is 0 Å². The zero-order valence-electron chi connectivity index (χ0n) is 13.8. The van der Waals surface area contributed by atoms with Crippen molar-refractivity contribution >= 4 is 5.69 Å². The van der Waals surface area contributed by atoms with E-state index in [1.54, 1.807) is 0 Å². The zero-order valence-corrected chi connectivity index (χ0v) is 13.8. The van der Waals surface area contributed by atoms with Crippen molar-refractivity contribution in [2.75, 3.05) is 18.5 Å². The second-order valence-electron chi connectivity index (χ2n) is 3.61. The van der Waals surface area contributed by atoms with Gasteiger partial charge in [-0.15, -0.1) is 0 Å². The summed E-state index contributed by atoms with van der Waals surface area (Å²) in [5.74, 6) is 0. The molecule has 0 unspecified atom stereocenters. The van der Waals surface area contributed by atoms with Crippen LogP contribution in [0.4, 0.5) is 5.69 Å². The number of rotatable bonds is 0. The number of anilines is 1. The minimum Gasteiger partial charge on any atom is -0.374 e. The van der Waals surface area contributed by atoms with Crippen molar-refractivity contribution in [2.24, 2.45) is 0 Å². The number of hydrogen-bond acceptors (Lipinski definition) is 1. The van der Waals surface area contributed by atoms with Gasteiger partial charge in [0, 0.05) is 19.3 Å². The summed E-state index contributed by atoms with van der Waals surface area (Å²) in [6.45, 7) is 15.4. The molecular formula is C17H33N. The van der Waals surface area contributed by atoms with Crippen molar-refractivity contribution in [3.63, 3.8) is 0 Å². The Morgan fingerprint density at radius 2 is 1.50 bits per heavy atom. The number of hydrogen-bond donors (Lipinski definition) is 0. The number of para-hydroxylation sites is 1. The van der Waals surface area contributed by atoms with E-state index >= 15 is 0 Å². The van der Waals surface area contributed by atoms with Gasteiger partial charge in [-0.1, -0.05) is 59.7 Å². The monoisotopic (exact) mass is 251 g/mol. The highest BCUT2D eigenvalue weighted by atomic mass is 15.1. The molecule has 0 spiro atoms. The van der Waals surface area contributed by atoms with Crippen molar-refractivity contribution in [1.29, 1.82) is 0 Å². The van der Waals surface area contributed by atoms with Gasteiger partial charge < -0.3 is 4.90 Å². The molecule has 1 aromatic carbocycles. The first-order valence-electron chi connectivity index (χ1n) is 7.58. The van der Waals surface area contributed by atoms with Gasteiger partial charge >= 0.3 is 0 Å². The third-order valence-corrected chi connectivity index (χ3v) is 2.64. The second kappa shape index (κ2) is 12.5. The molecule has 0 saturated carbocycles. The van der Waals surface area contributed by atoms with Gasteiger partial charge in [-0.05, 0) is 30.9 Å². The molecule has 1 aromatic rings. The Morgan fingerprint density at radius 1 is 0.944 bits per heavy atom. The van der Waals surface area contributed by atoms with Crippen LogP contribution < -0.4 is 4.90 Å². The van der Waals surface area contributed by atoms with Gasteiger partial charge in [-0.2, -0.15) is 0 Å². The first-order chi connectivity index (χ1) is 8.79. The third kappa shape index (κ3) is 5.57. The smallest absolute Gasteiger partial charge is 0.0425 e. The predicted molar refractivity (Wildman–Crippen MR) is 86.8 cm³/mol. The fourth-order valence-electron chi connectivity index (χ4n) is 2.09. The van der Waals surface area contributed by atoms with Gasteiger partial charge in [0.2, 0.25) is 0 Å². The molecule has 106 valence electrons. The average molecular weight is 251 g/mol. The van der Waals surface area contributed by atoms with Crippen LogP contribution in [0.1, 0.15) is 59.1 Å². The van der Waals surface area contributed by atoms with Crippen LogP contribution >= 0.6 is 0 Å². The summed E-state index contributed by atoms with van der Waals surface area (Å²) in [5, 5.41) is 0. The molecule has 18 heavy (non-hydrogen) atoms. The van der Waals surface area contributed by atoms with Crippen LogP contribution in [0.15, 0.2) is 18.2 Å². The predicted octanol–water partition coefficient (Wildman–Crippen LogP) is 5.46. The van der Waals surface area contributed by atoms with Crippen molar-refractivity contribution in [3.8, 4) is 0 Å². The van der Waals surface area contributed by atoms with E-state index in [4.69, 9.17) is 0 Å². The normalized spacial score (nSPS) is 11.7. The molecule has 0 N–H and O–H groups in total. The minimum absolute atomic E-state index is 1.21. The SMILES string of the molecule is CC.CC.CC.Cc1cccc2c1N(C)CCC2. The summed E-state index contributed by atoms with van der Waals surface area (Å²) >= 11 is 0. The maximum Gasteiger partial charge on any atom is 0.0425 e. The zero-order chi connectivity index (χ0) is 14.6. The summed E-state index contributed by atoms with van der Waals surface area (Å²) in [6, 6.07) is 6.60. The van der Waals surface area contributed by atoms with E-state index < -0.39 is 0 Å². The van der Waals surface area contributed by atoms with Crippen molar-refractivity contribution < 1.29 is 0 Å². The van der Waals surface area contributed by atoms with Crippen LogP contribution in [0.25, 0.3) is 0 Å². The van der Waals surface area contributed by atoms with Gasteiger partial charge in [0.05, 0.1) is 0 Å². The summed E-state index contributed by atoms with van der Waals surface area (Å²) in [6.07, 6.45) is 2.55. The van der Waals surface area contributed by atoms with Crippen LogP contribution in [0.3, 0.4) is 0 Å². The van der Waals surface area contributed by atoms with Gasteiger partial charge in [-0.25, -0.2) is 0 Å². The average Bonchev–Trinajstić information content (AvgIpc) is 2.46. The van der Waals surface area contributed by atoms with E-state index in [9.17, 15) is 0 Å². The lowest BCUT2D eigenvalue weighted by Gasteiger charge is -2.29. The lowest BCUT2D eigenvalue weighted by Crippen LogP contribution is -2.25. The maximum atomic E-state index is 2.37. The molecule has 1 heterocycles. The summed E-state index contributed by atoms with van der Waals surface area (Å²) in [7, 11) is 2.19. The molecule has 0 bridgehead atoms. The Hall–Kier alpha value is -0.980. The molecule has 0 fully saturated rings. The highest BCUT2D eigenvalue weighted by Crippen LogP contribution is 2.28. The van der Waals surface area contributed by atoms with Gasteiger partial charge in [0.1, 0.15) is 0 Å². The molecule has 0 saturated heterocycles. The minimum atomic E-state index is 1.21. The van der Waals surface area contributed by atoms with E-state index in [0.29, 0.717) is 0 Å². The van der Waals surface area contributed by atoms with Crippen LogP contribution in [0.5, 0.6) is 0 Å². The first kappa shape index (κ1) is 19.4. The number of fused-ring (bicyclic) bond motifs is 1. The molecule has 0 radical (unpaired) electrons. The topological polar surface area (TPSA) is 3.24 Å². The summed E-state index contributed by atoms with van der Waals surface area (Å²) in [4.78, 5) is 2.37. The Labute approximate surface area is 115 Å². The fourth-order valence-corrected chi connectivity index (χ4v) is 2.09. The van der Waals surface area contributed by atoms with E-state index in [1.165, 1.54) is 36.2 Å². The highest BCUT2D eigenvalue weighted by molar-refractivity contribution is 5.60. The quantitative estimate of drug-likeness (QED) is 0.592. The summed E-state index contributed by atoms with van der Waals surface area (Å²) in [5.41, 5.74) is 4.39. The standard InChI is InChI=1S/C11H15N.3C2H6/c1-9-5-3-6-10-7-4-8-12(2)11(9)10;3*1-2/h3,5-6H,4,7-8H2,1-2H3;3*1-2H3. The fraction of sp³-hybridized carbons (Fsp3) is 0.647. The Kier molecular flexibility index (Phi) is 13.4. The molecule has 2 rings (SSSR count). The first-order valence-corrected chi connectivity index (χ1v) is 7.58. The molecule has 1 aliphatic rings. The van der Waals surface area contributed by atoms with E-state index in [-0.39, 0.29) is 0 Å². The molecular weight excluding hydrogens is 218 g/mol. The van der Waals surface area contributed by atoms with Gasteiger partial charge in [0.25, 0.3) is 0 Å². The van der Waals surface area contributed by atoms with Crippen LogP contribution in [0.2, 0.25) is 0 Å². The Morgan fingerprint density at radius 3 is 2.00 bits per heavy atom. The van der Waals surface area contributed by atoms with Crippen molar-refractivity contribution in [1.82, 2.24) is 0 Å². The lowest BCUT2D eigenvalue weighted by molar-refractivity contribution is 0.741. The largest absolute Gasteiger partial charge is 0.374 e. The number of benzene rings is 1. The molecule has 1 nitrogen and oxygen atoms in total. The van der Waals surface area contributed by atoms with Crippen molar-refractivity contribution in [3.05, 3.63) is 29.3 Å². The van der Waals surface area contributed by atoms with E-state index in [1.807, 2.05) is 41.5 Å². The molecule has 0 atom stereocenters. The molecule has 0 aromatic heterocycles. The molecule has 0 aliphatic carbocycles. The lowest BCUT2D eigenvalue weighted by atomic mass is 9.99. The van der Waals surface area contributed by atoms with E-state index in [2.05, 4.69) is 37.1 Å². The molecule has 1 aliphatic heterocycles. The molecule has 0 amide bonds. The van der Waals surface area contributed by atoms with Crippen LogP contribution in [0, 0.1) is 6.92 Å². The Balaban J connectivity index is 0.